The first kappa shape index (κ1) is 55.9. The highest BCUT2D eigenvalue weighted by molar-refractivity contribution is 8.77. The lowest BCUT2D eigenvalue weighted by atomic mass is 9.55. The Bertz CT molecular complexity index is 1560. The van der Waals surface area contributed by atoms with Crippen LogP contribution in [0.25, 0.3) is 0 Å². The molecule has 0 bridgehead atoms. The van der Waals surface area contributed by atoms with Gasteiger partial charge in [-0.1, -0.05) is 41.0 Å². The quantitative estimate of drug-likeness (QED) is 0.0431. The standard InChI is InChI=1S/C45H73F9N2O5PS2/c1-31(2)56(32(3)4)62(57,58)28-11-9-10-12-29-63-64-40(5,6)22-23-55(8)24-27-59-34-15-17-35-33(30-34)14-16-37-36(35)20-21-41(7)38(37)18-19-39(41)60-25-13-26-61-42(43(46,47)48,44(49,50)51)45(52,53)54/h15,17,30-32,36-39,57-58H,9-14,16,18-29H2,1-8H3/q+1/t36-,37-,38+,39+,41+/m1/s1. The number of hydrogen-bond donors (Lipinski definition) is 2. The van der Waals surface area contributed by atoms with Crippen molar-refractivity contribution in [3.05, 3.63) is 29.3 Å². The third-order valence-corrected chi connectivity index (χ3v) is 19.7. The predicted molar refractivity (Wildman–Crippen MR) is 241 cm³/mol. The highest BCUT2D eigenvalue weighted by Crippen LogP contribution is 2.62. The van der Waals surface area contributed by atoms with Crippen LogP contribution in [0.15, 0.2) is 18.2 Å². The number of nitrogens with zero attached hydrogens (tertiary/aromatic N) is 2. The summed E-state index contributed by atoms with van der Waals surface area (Å²) in [5.74, 6) is 2.94. The minimum absolute atomic E-state index is 0.1000. The van der Waals surface area contributed by atoms with E-state index in [0.717, 1.165) is 88.8 Å². The number of ether oxygens (including phenoxy) is 3. The average molecular weight is 988 g/mol. The largest absolute Gasteiger partial charge is 0.492 e. The number of rotatable bonds is 25. The molecular formula is C45H73F9N2O5PS2+. The summed E-state index contributed by atoms with van der Waals surface area (Å²) < 4.78 is 137. The maximum absolute atomic E-state index is 13.2. The van der Waals surface area contributed by atoms with Gasteiger partial charge in [-0.25, -0.2) is 9.79 Å². The van der Waals surface area contributed by atoms with Gasteiger partial charge >= 0.3 is 32.0 Å². The number of likely N-dealkylation sites (N-methyl/N-ethyl adjacent to an activating group) is 1. The number of halogens is 9. The molecule has 0 saturated heterocycles. The molecule has 2 N–H and O–H groups in total. The maximum Gasteiger partial charge on any atom is 0.435 e. The summed E-state index contributed by atoms with van der Waals surface area (Å²) >= 11 is 0. The highest BCUT2D eigenvalue weighted by Gasteiger charge is 2.85. The van der Waals surface area contributed by atoms with Crippen molar-refractivity contribution in [1.29, 1.82) is 0 Å². The van der Waals surface area contributed by atoms with E-state index in [0.29, 0.717) is 36.9 Å². The third-order valence-electron chi connectivity index (χ3n) is 13.7. The van der Waals surface area contributed by atoms with Crippen molar-refractivity contribution in [2.75, 3.05) is 51.9 Å². The van der Waals surface area contributed by atoms with Crippen molar-refractivity contribution in [2.24, 2.45) is 17.3 Å². The Hall–Kier alpha value is -0.720. The first-order valence-electron chi connectivity index (χ1n) is 22.9. The van der Waals surface area contributed by atoms with Gasteiger partial charge in [0.05, 0.1) is 12.7 Å². The minimum Gasteiger partial charge on any atom is -0.492 e. The zero-order valence-corrected chi connectivity index (χ0v) is 41.3. The monoisotopic (exact) mass is 987 g/mol. The van der Waals surface area contributed by atoms with Gasteiger partial charge in [0.2, 0.25) is 0 Å². The average Bonchev–Trinajstić information content (AvgIpc) is 3.50. The van der Waals surface area contributed by atoms with Gasteiger partial charge in [0, 0.05) is 35.7 Å². The Morgan fingerprint density at radius 3 is 2.08 bits per heavy atom. The van der Waals surface area contributed by atoms with Gasteiger partial charge in [-0.15, -0.1) is 4.67 Å². The van der Waals surface area contributed by atoms with Gasteiger partial charge in [0.15, 0.2) is 0 Å². The van der Waals surface area contributed by atoms with Crippen molar-refractivity contribution >= 4 is 29.5 Å². The summed E-state index contributed by atoms with van der Waals surface area (Å²) in [4.78, 5) is 23.8. The van der Waals surface area contributed by atoms with Crippen molar-refractivity contribution in [3.63, 3.8) is 0 Å². The Kier molecular flexibility index (Phi) is 19.9. The molecule has 0 radical (unpaired) electrons. The Balaban J connectivity index is 1.14. The van der Waals surface area contributed by atoms with Gasteiger partial charge in [0.25, 0.3) is 0 Å². The topological polar surface area (TPSA) is 74.6 Å². The van der Waals surface area contributed by atoms with E-state index in [1.807, 2.05) is 60.0 Å². The molecule has 4 rings (SSSR count). The summed E-state index contributed by atoms with van der Waals surface area (Å²) in [5.41, 5.74) is -3.93. The van der Waals surface area contributed by atoms with Crippen molar-refractivity contribution in [1.82, 2.24) is 9.57 Å². The molecule has 1 aromatic carbocycles. The minimum atomic E-state index is -6.75. The molecule has 0 spiro atoms. The van der Waals surface area contributed by atoms with Gasteiger partial charge in [0.1, 0.15) is 18.5 Å². The van der Waals surface area contributed by atoms with E-state index >= 15 is 0 Å². The smallest absolute Gasteiger partial charge is 0.435 e. The molecule has 0 amide bonds. The molecule has 0 aliphatic heterocycles. The van der Waals surface area contributed by atoms with Crippen LogP contribution in [0.3, 0.4) is 0 Å². The fourth-order valence-corrected chi connectivity index (χ4v) is 15.6. The molecule has 0 unspecified atom stereocenters. The molecule has 0 heterocycles. The molecule has 372 valence electrons. The molecule has 3 aliphatic rings. The molecule has 7 nitrogen and oxygen atoms in total. The van der Waals surface area contributed by atoms with Gasteiger partial charge in [-0.3, -0.25) is 0 Å². The van der Waals surface area contributed by atoms with Crippen molar-refractivity contribution < 1.29 is 63.5 Å². The Morgan fingerprint density at radius 1 is 0.812 bits per heavy atom. The number of unbranched alkanes of at least 4 members (excludes halogenated alkanes) is 3. The molecule has 3 aliphatic carbocycles. The second-order valence-electron chi connectivity index (χ2n) is 19.6. The van der Waals surface area contributed by atoms with Crippen LogP contribution >= 0.6 is 29.5 Å². The maximum atomic E-state index is 13.2. The number of alkyl halides is 9. The summed E-state index contributed by atoms with van der Waals surface area (Å²) in [6.07, 6.45) is -10.5. The SMILES string of the molecule is CC(C)N(C(C)C)[P+](O)(O)CCCCCCSSC(C)(C)CCN(C)CCOc1ccc2c(c1)CC[C@@H]1[C@@H]2CC[C@]2(C)[C@@H](OCCCOC(C(F)(F)F)(C(F)(F)F)C(F)(F)F)CC[C@@H]12. The molecule has 2 fully saturated rings. The van der Waals surface area contributed by atoms with Gasteiger partial charge < -0.3 is 19.1 Å². The molecule has 1 aromatic rings. The van der Waals surface area contributed by atoms with E-state index in [2.05, 4.69) is 49.6 Å². The van der Waals surface area contributed by atoms with Crippen molar-refractivity contribution in [3.8, 4) is 5.75 Å². The van der Waals surface area contributed by atoms with Crippen LogP contribution in [0.4, 0.5) is 39.5 Å². The van der Waals surface area contributed by atoms with Gasteiger partial charge in [-0.05, 0) is 172 Å². The van der Waals surface area contributed by atoms with Gasteiger partial charge in [-0.2, -0.15) is 39.5 Å². The molecular weight excluding hydrogens is 915 g/mol. The molecule has 0 aromatic heterocycles. The zero-order chi connectivity index (χ0) is 47.9. The number of aryl methyl sites for hydroxylation is 1. The van der Waals surface area contributed by atoms with E-state index in [9.17, 15) is 49.3 Å². The second kappa shape index (κ2) is 22.8. The van der Waals surface area contributed by atoms with Crippen LogP contribution in [0, 0.1) is 17.3 Å². The summed E-state index contributed by atoms with van der Waals surface area (Å²) in [6, 6.07) is 6.58. The lowest BCUT2D eigenvalue weighted by molar-refractivity contribution is -0.457. The van der Waals surface area contributed by atoms with Crippen LogP contribution in [0.1, 0.15) is 136 Å². The van der Waals surface area contributed by atoms with E-state index in [-0.39, 0.29) is 35.0 Å². The molecule has 19 heteroatoms. The van der Waals surface area contributed by atoms with Crippen LogP contribution in [-0.4, -0.2) is 118 Å². The summed E-state index contributed by atoms with van der Waals surface area (Å²) in [5, 5.41) is 0. The van der Waals surface area contributed by atoms with E-state index in [1.165, 1.54) is 11.1 Å². The Morgan fingerprint density at radius 2 is 1.45 bits per heavy atom. The summed E-state index contributed by atoms with van der Waals surface area (Å²) in [7, 11) is 2.90. The molecule has 2 saturated carbocycles. The van der Waals surface area contributed by atoms with Crippen LogP contribution in [0.5, 0.6) is 5.75 Å². The highest BCUT2D eigenvalue weighted by atomic mass is 33.1. The zero-order valence-electron chi connectivity index (χ0n) is 38.8. The normalized spacial score (nSPS) is 23.6. The van der Waals surface area contributed by atoms with Crippen LogP contribution in [0.2, 0.25) is 0 Å². The molecule has 5 atom stereocenters. The van der Waals surface area contributed by atoms with Crippen LogP contribution in [-0.2, 0) is 15.9 Å². The number of fused-ring (bicyclic) bond motifs is 5. The van der Waals surface area contributed by atoms with Crippen LogP contribution < -0.4 is 4.74 Å². The third kappa shape index (κ3) is 13.7. The lowest BCUT2D eigenvalue weighted by Gasteiger charge is -2.50. The first-order chi connectivity index (χ1) is 29.6. The molecule has 64 heavy (non-hydrogen) atoms. The lowest BCUT2D eigenvalue weighted by Crippen LogP contribution is -2.67. The van der Waals surface area contributed by atoms with E-state index in [1.54, 1.807) is 0 Å². The number of hydrogen-bond acceptors (Lipinski definition) is 9. The fraction of sp³-hybridized carbons (Fsp3) is 0.867. The number of benzene rings is 1. The second-order valence-corrected chi connectivity index (χ2v) is 25.0. The van der Waals surface area contributed by atoms with E-state index < -0.39 is 45.0 Å². The predicted octanol–water partition coefficient (Wildman–Crippen LogP) is 13.0. The van der Waals surface area contributed by atoms with Crippen molar-refractivity contribution in [2.45, 2.75) is 178 Å². The fourth-order valence-electron chi connectivity index (χ4n) is 10.5. The summed E-state index contributed by atoms with van der Waals surface area (Å²) in [6.45, 7) is 15.3. The van der Waals surface area contributed by atoms with E-state index in [4.69, 9.17) is 9.47 Å². The Labute approximate surface area is 384 Å². The first-order valence-corrected chi connectivity index (χ1v) is 27.1.